The molecule has 1 aliphatic carbocycles. The Balaban J connectivity index is 1.84. The summed E-state index contributed by atoms with van der Waals surface area (Å²) in [5.41, 5.74) is 0. The fraction of sp³-hybridized carbons (Fsp3) is 0.800. The molecule has 0 bridgehead atoms. The van der Waals surface area contributed by atoms with Crippen LogP contribution >= 0.6 is 11.8 Å². The van der Waals surface area contributed by atoms with Gasteiger partial charge in [-0.3, -0.25) is 9.59 Å². The molecule has 0 radical (unpaired) electrons. The number of carboxylic acids is 1. The maximum atomic E-state index is 13.0. The van der Waals surface area contributed by atoms with E-state index in [4.69, 9.17) is 0 Å². The summed E-state index contributed by atoms with van der Waals surface area (Å²) in [5.74, 6) is 0.197. The van der Waals surface area contributed by atoms with Crippen molar-refractivity contribution in [1.82, 2.24) is 9.80 Å². The molecule has 22 heavy (non-hydrogen) atoms. The van der Waals surface area contributed by atoms with Crippen LogP contribution in [0.2, 0.25) is 0 Å². The van der Waals surface area contributed by atoms with Gasteiger partial charge in [0.1, 0.15) is 12.1 Å². The second-order valence-electron chi connectivity index (χ2n) is 6.45. The van der Waals surface area contributed by atoms with Gasteiger partial charge in [0.2, 0.25) is 11.8 Å². The number of amides is 2. The summed E-state index contributed by atoms with van der Waals surface area (Å²) in [5, 5.41) is 9.52. The Labute approximate surface area is 134 Å². The number of rotatable bonds is 2. The summed E-state index contributed by atoms with van der Waals surface area (Å²) in [6.07, 6.45) is 4.63. The molecule has 4 unspecified atom stereocenters. The van der Waals surface area contributed by atoms with Crippen molar-refractivity contribution in [1.29, 1.82) is 0 Å². The van der Waals surface area contributed by atoms with Gasteiger partial charge in [0.25, 0.3) is 0 Å². The molecule has 2 aliphatic heterocycles. The predicted molar refractivity (Wildman–Crippen MR) is 82.3 cm³/mol. The first kappa shape index (κ1) is 15.6. The Morgan fingerprint density at radius 3 is 2.55 bits per heavy atom. The van der Waals surface area contributed by atoms with E-state index >= 15 is 0 Å². The lowest BCUT2D eigenvalue weighted by molar-refractivity contribution is -0.153. The molecule has 4 atom stereocenters. The molecule has 2 heterocycles. The lowest BCUT2D eigenvalue weighted by Gasteiger charge is -2.36. The average Bonchev–Trinajstić information content (AvgIpc) is 3.11. The fourth-order valence-electron chi connectivity index (χ4n) is 4.13. The molecule has 2 amide bonds. The number of likely N-dealkylation sites (tertiary alicyclic amines) is 1. The molecule has 0 aromatic carbocycles. The molecule has 3 rings (SSSR count). The van der Waals surface area contributed by atoms with Crippen LogP contribution in [0, 0.1) is 5.92 Å². The SMILES string of the molecule is CC(=O)N1CSCC1C(=O)N1C(C(=O)O)CC2CCCCC21. The highest BCUT2D eigenvalue weighted by atomic mass is 32.2. The van der Waals surface area contributed by atoms with Gasteiger partial charge in [-0.15, -0.1) is 11.8 Å². The normalized spacial score (nSPS) is 34.6. The number of hydrogen-bond donors (Lipinski definition) is 1. The van der Waals surface area contributed by atoms with Crippen LogP contribution in [0.5, 0.6) is 0 Å². The number of fused-ring (bicyclic) bond motifs is 1. The van der Waals surface area contributed by atoms with Gasteiger partial charge in [0.15, 0.2) is 0 Å². The van der Waals surface area contributed by atoms with Crippen LogP contribution < -0.4 is 0 Å². The van der Waals surface area contributed by atoms with Gasteiger partial charge >= 0.3 is 5.97 Å². The number of thioether (sulfide) groups is 1. The third-order valence-electron chi connectivity index (χ3n) is 5.20. The lowest BCUT2D eigenvalue weighted by atomic mass is 9.84. The van der Waals surface area contributed by atoms with Gasteiger partial charge in [-0.05, 0) is 25.2 Å². The largest absolute Gasteiger partial charge is 0.480 e. The van der Waals surface area contributed by atoms with Crippen molar-refractivity contribution in [3.63, 3.8) is 0 Å². The zero-order valence-electron chi connectivity index (χ0n) is 12.7. The van der Waals surface area contributed by atoms with Crippen molar-refractivity contribution < 1.29 is 19.5 Å². The van der Waals surface area contributed by atoms with Crippen molar-refractivity contribution in [2.45, 2.75) is 57.2 Å². The monoisotopic (exact) mass is 326 g/mol. The van der Waals surface area contributed by atoms with Gasteiger partial charge in [0.05, 0.1) is 5.88 Å². The molecule has 3 fully saturated rings. The van der Waals surface area contributed by atoms with E-state index in [9.17, 15) is 19.5 Å². The van der Waals surface area contributed by atoms with Crippen LogP contribution in [0.3, 0.4) is 0 Å². The average molecular weight is 326 g/mol. The molecule has 1 saturated carbocycles. The minimum absolute atomic E-state index is 0.0433. The minimum atomic E-state index is -0.914. The number of nitrogens with zero attached hydrogens (tertiary/aromatic N) is 2. The van der Waals surface area contributed by atoms with E-state index in [2.05, 4.69) is 0 Å². The molecule has 0 spiro atoms. The second kappa shape index (κ2) is 6.10. The van der Waals surface area contributed by atoms with E-state index in [1.807, 2.05) is 0 Å². The number of hydrogen-bond acceptors (Lipinski definition) is 4. The van der Waals surface area contributed by atoms with Crippen LogP contribution in [-0.2, 0) is 14.4 Å². The first-order valence-electron chi connectivity index (χ1n) is 7.90. The van der Waals surface area contributed by atoms with Gasteiger partial charge < -0.3 is 14.9 Å². The summed E-state index contributed by atoms with van der Waals surface area (Å²) in [6, 6.07) is -1.17. The van der Waals surface area contributed by atoms with Crippen molar-refractivity contribution in [2.75, 3.05) is 11.6 Å². The molecule has 122 valence electrons. The first-order valence-corrected chi connectivity index (χ1v) is 9.06. The Hall–Kier alpha value is -1.24. The molecule has 1 N–H and O–H groups in total. The third kappa shape index (κ3) is 2.59. The van der Waals surface area contributed by atoms with Crippen molar-refractivity contribution in [3.05, 3.63) is 0 Å². The quantitative estimate of drug-likeness (QED) is 0.824. The zero-order valence-corrected chi connectivity index (χ0v) is 13.6. The number of aliphatic carboxylic acids is 1. The summed E-state index contributed by atoms with van der Waals surface area (Å²) >= 11 is 1.55. The standard InChI is InChI=1S/C15H22N2O4S/c1-9(18)16-8-22-7-13(16)14(19)17-11-5-3-2-4-10(11)6-12(17)15(20)21/h10-13H,2-8H2,1H3,(H,20,21). The van der Waals surface area contributed by atoms with Crippen LogP contribution in [0.15, 0.2) is 0 Å². The maximum Gasteiger partial charge on any atom is 0.326 e. The van der Waals surface area contributed by atoms with E-state index in [0.29, 0.717) is 24.0 Å². The van der Waals surface area contributed by atoms with Crippen molar-refractivity contribution in [3.8, 4) is 0 Å². The highest BCUT2D eigenvalue weighted by molar-refractivity contribution is 7.99. The van der Waals surface area contributed by atoms with Gasteiger partial charge in [0, 0.05) is 18.7 Å². The van der Waals surface area contributed by atoms with E-state index in [-0.39, 0.29) is 17.9 Å². The molecular weight excluding hydrogens is 304 g/mol. The third-order valence-corrected chi connectivity index (χ3v) is 6.21. The Morgan fingerprint density at radius 1 is 1.14 bits per heavy atom. The summed E-state index contributed by atoms with van der Waals surface area (Å²) < 4.78 is 0. The van der Waals surface area contributed by atoms with Crippen molar-refractivity contribution in [2.24, 2.45) is 5.92 Å². The van der Waals surface area contributed by atoms with Crippen molar-refractivity contribution >= 4 is 29.5 Å². The van der Waals surface area contributed by atoms with E-state index in [1.54, 1.807) is 21.6 Å². The lowest BCUT2D eigenvalue weighted by Crippen LogP contribution is -2.54. The molecule has 2 saturated heterocycles. The Morgan fingerprint density at radius 2 is 1.86 bits per heavy atom. The van der Waals surface area contributed by atoms with Crippen LogP contribution in [-0.4, -0.2) is 62.4 Å². The smallest absolute Gasteiger partial charge is 0.326 e. The van der Waals surface area contributed by atoms with Crippen LogP contribution in [0.4, 0.5) is 0 Å². The fourth-order valence-corrected chi connectivity index (χ4v) is 5.34. The molecule has 6 nitrogen and oxygen atoms in total. The molecule has 0 aromatic rings. The summed E-state index contributed by atoms with van der Waals surface area (Å²) in [6.45, 7) is 1.47. The molecule has 7 heteroatoms. The highest BCUT2D eigenvalue weighted by Crippen LogP contribution is 2.41. The molecule has 0 aromatic heterocycles. The topological polar surface area (TPSA) is 77.9 Å². The predicted octanol–water partition coefficient (Wildman–Crippen LogP) is 1.15. The van der Waals surface area contributed by atoms with Gasteiger partial charge in [-0.1, -0.05) is 12.8 Å². The van der Waals surface area contributed by atoms with E-state index < -0.39 is 18.1 Å². The number of carbonyl (C=O) groups excluding carboxylic acids is 2. The van der Waals surface area contributed by atoms with Gasteiger partial charge in [-0.25, -0.2) is 4.79 Å². The van der Waals surface area contributed by atoms with E-state index in [0.717, 1.165) is 25.7 Å². The molecular formula is C15H22N2O4S. The molecule has 3 aliphatic rings. The summed E-state index contributed by atoms with van der Waals surface area (Å²) in [7, 11) is 0. The Bertz CT molecular complexity index is 498. The highest BCUT2D eigenvalue weighted by Gasteiger charge is 2.50. The summed E-state index contributed by atoms with van der Waals surface area (Å²) in [4.78, 5) is 39.5. The second-order valence-corrected chi connectivity index (χ2v) is 7.45. The maximum absolute atomic E-state index is 13.0. The van der Waals surface area contributed by atoms with E-state index in [1.165, 1.54) is 6.92 Å². The van der Waals surface area contributed by atoms with Crippen LogP contribution in [0.1, 0.15) is 39.0 Å². The first-order chi connectivity index (χ1) is 10.5. The van der Waals surface area contributed by atoms with Gasteiger partial charge in [-0.2, -0.15) is 0 Å². The minimum Gasteiger partial charge on any atom is -0.480 e. The number of carboxylic acid groups (broad SMARTS) is 1. The van der Waals surface area contributed by atoms with Crippen LogP contribution in [0.25, 0.3) is 0 Å². The zero-order chi connectivity index (χ0) is 15.9. The Kier molecular flexibility index (Phi) is 4.34. The number of carbonyl (C=O) groups is 3.